The van der Waals surface area contributed by atoms with E-state index in [1.54, 1.807) is 63.9 Å². The van der Waals surface area contributed by atoms with Crippen molar-refractivity contribution in [2.75, 3.05) is 25.0 Å². The van der Waals surface area contributed by atoms with Gasteiger partial charge in [-0.15, -0.1) is 0 Å². The van der Waals surface area contributed by atoms with Gasteiger partial charge in [0.15, 0.2) is 17.0 Å². The first-order chi connectivity index (χ1) is 24.2. The zero-order valence-electron chi connectivity index (χ0n) is 29.1. The van der Waals surface area contributed by atoms with Gasteiger partial charge in [0.2, 0.25) is 0 Å². The van der Waals surface area contributed by atoms with Crippen LogP contribution in [0.2, 0.25) is 0 Å². The lowest BCUT2D eigenvalue weighted by Gasteiger charge is -2.36. The van der Waals surface area contributed by atoms with Gasteiger partial charge in [-0.2, -0.15) is 10.2 Å². The van der Waals surface area contributed by atoms with E-state index in [0.717, 1.165) is 36.8 Å². The third-order valence-corrected chi connectivity index (χ3v) is 9.31. The fourth-order valence-corrected chi connectivity index (χ4v) is 6.56. The molecule has 1 aliphatic heterocycles. The summed E-state index contributed by atoms with van der Waals surface area (Å²) in [7, 11) is 1.73. The molecule has 1 aliphatic rings. The highest BCUT2D eigenvalue weighted by Crippen LogP contribution is 2.29. The van der Waals surface area contributed by atoms with Gasteiger partial charge >= 0.3 is 0 Å². The number of unbranched alkanes of at least 4 members (excludes halogenated alkanes) is 2. The molecule has 0 spiro atoms. The van der Waals surface area contributed by atoms with Gasteiger partial charge < -0.3 is 20.2 Å². The van der Waals surface area contributed by atoms with Crippen LogP contribution in [0.1, 0.15) is 87.7 Å². The highest BCUT2D eigenvalue weighted by molar-refractivity contribution is 6.11. The number of nitrogens with zero attached hydrogens (tertiary/aromatic N) is 7. The molecule has 1 atom stereocenters. The van der Waals surface area contributed by atoms with Crippen LogP contribution in [-0.4, -0.2) is 82.9 Å². The molecule has 12 nitrogen and oxygen atoms in total. The first-order valence-corrected chi connectivity index (χ1v) is 17.3. The van der Waals surface area contributed by atoms with E-state index in [9.17, 15) is 19.5 Å². The molecule has 0 radical (unpaired) electrons. The predicted molar refractivity (Wildman–Crippen MR) is 191 cm³/mol. The van der Waals surface area contributed by atoms with Gasteiger partial charge in [-0.25, -0.2) is 14.3 Å². The fraction of sp³-hybridized carbons (Fsp3) is 0.368. The number of rotatable bonds is 12. The summed E-state index contributed by atoms with van der Waals surface area (Å²) in [6.45, 7) is 7.46. The second kappa shape index (κ2) is 15.0. The maximum atomic E-state index is 14.6. The second-order valence-electron chi connectivity index (χ2n) is 12.9. The van der Waals surface area contributed by atoms with E-state index in [4.69, 9.17) is 5.10 Å². The Balaban J connectivity index is 1.39. The molecule has 12 heteroatoms. The SMILES string of the molecule is CCCCN(CCCC)C(=O)c1cc(C)n(-c2ccc(NC(=O)c3nn(C)c4ncccc34)cc2C(=O)N2Cc3ccccc3C[C@H]2CO)n1. The van der Waals surface area contributed by atoms with Gasteiger partial charge in [-0.1, -0.05) is 51.0 Å². The lowest BCUT2D eigenvalue weighted by Crippen LogP contribution is -2.46. The summed E-state index contributed by atoms with van der Waals surface area (Å²) < 4.78 is 3.17. The molecule has 5 aromatic rings. The molecular weight excluding hydrogens is 632 g/mol. The van der Waals surface area contributed by atoms with Crippen LogP contribution in [0.25, 0.3) is 16.7 Å². The van der Waals surface area contributed by atoms with E-state index in [2.05, 4.69) is 29.2 Å². The van der Waals surface area contributed by atoms with Crippen molar-refractivity contribution in [3.63, 3.8) is 0 Å². The summed E-state index contributed by atoms with van der Waals surface area (Å²) in [6, 6.07) is 17.8. The van der Waals surface area contributed by atoms with Crippen molar-refractivity contribution < 1.29 is 19.5 Å². The summed E-state index contributed by atoms with van der Waals surface area (Å²) in [5.41, 5.74) is 4.99. The van der Waals surface area contributed by atoms with Crippen molar-refractivity contribution in [3.05, 3.63) is 101 Å². The Morgan fingerprint density at radius 2 is 1.70 bits per heavy atom. The molecule has 2 N–H and O–H groups in total. The number of fused-ring (bicyclic) bond motifs is 2. The predicted octanol–water partition coefficient (Wildman–Crippen LogP) is 5.32. The van der Waals surface area contributed by atoms with E-state index in [0.29, 0.717) is 59.9 Å². The molecule has 50 heavy (non-hydrogen) atoms. The topological polar surface area (TPSA) is 138 Å². The normalized spacial score (nSPS) is 14.1. The number of carbonyl (C=O) groups is 3. The van der Waals surface area contributed by atoms with Gasteiger partial charge in [0, 0.05) is 44.3 Å². The number of aliphatic hydroxyl groups excluding tert-OH is 1. The molecule has 0 saturated heterocycles. The molecule has 3 aromatic heterocycles. The van der Waals surface area contributed by atoms with Gasteiger partial charge in [0.25, 0.3) is 17.7 Å². The number of anilines is 1. The summed E-state index contributed by atoms with van der Waals surface area (Å²) in [5.74, 6) is -0.916. The van der Waals surface area contributed by atoms with Crippen LogP contribution in [0.15, 0.2) is 66.9 Å². The minimum absolute atomic E-state index is 0.143. The number of pyridine rings is 1. The maximum Gasteiger partial charge on any atom is 0.276 e. The summed E-state index contributed by atoms with van der Waals surface area (Å²) in [4.78, 5) is 49.8. The minimum Gasteiger partial charge on any atom is -0.394 e. The molecule has 0 fully saturated rings. The highest BCUT2D eigenvalue weighted by Gasteiger charge is 2.32. The fourth-order valence-electron chi connectivity index (χ4n) is 6.56. The molecule has 0 aliphatic carbocycles. The number of hydrogen-bond acceptors (Lipinski definition) is 7. The Morgan fingerprint density at radius 3 is 2.42 bits per heavy atom. The van der Waals surface area contributed by atoms with Crippen LogP contribution in [0, 0.1) is 6.92 Å². The summed E-state index contributed by atoms with van der Waals surface area (Å²) in [6.07, 6.45) is 5.90. The first-order valence-electron chi connectivity index (χ1n) is 17.3. The molecule has 4 heterocycles. The third kappa shape index (κ3) is 6.88. The van der Waals surface area contributed by atoms with Crippen LogP contribution in [-0.2, 0) is 20.0 Å². The molecule has 3 amide bonds. The third-order valence-electron chi connectivity index (χ3n) is 9.31. The van der Waals surface area contributed by atoms with E-state index in [1.807, 2.05) is 36.1 Å². The lowest BCUT2D eigenvalue weighted by molar-refractivity contribution is 0.0544. The van der Waals surface area contributed by atoms with Gasteiger partial charge in [0.05, 0.1) is 29.3 Å². The molecule has 0 unspecified atom stereocenters. The van der Waals surface area contributed by atoms with Crippen LogP contribution >= 0.6 is 0 Å². The summed E-state index contributed by atoms with van der Waals surface area (Å²) in [5, 5.41) is 23.1. The zero-order valence-corrected chi connectivity index (χ0v) is 29.1. The van der Waals surface area contributed by atoms with E-state index < -0.39 is 11.9 Å². The number of amides is 3. The Labute approximate surface area is 291 Å². The van der Waals surface area contributed by atoms with E-state index >= 15 is 0 Å². The average Bonchev–Trinajstić information content (AvgIpc) is 3.69. The number of hydrogen-bond donors (Lipinski definition) is 2. The highest BCUT2D eigenvalue weighted by atomic mass is 16.3. The average molecular weight is 677 g/mol. The number of nitrogens with one attached hydrogen (secondary N) is 1. The van der Waals surface area contributed by atoms with Gasteiger partial charge in [-0.05, 0) is 73.7 Å². The lowest BCUT2D eigenvalue weighted by atomic mass is 9.93. The van der Waals surface area contributed by atoms with Crippen molar-refractivity contribution >= 4 is 34.4 Å². The van der Waals surface area contributed by atoms with Crippen molar-refractivity contribution in [3.8, 4) is 5.69 Å². The van der Waals surface area contributed by atoms with Crippen LogP contribution in [0.5, 0.6) is 0 Å². The molecule has 0 bridgehead atoms. The molecule has 6 rings (SSSR count). The van der Waals surface area contributed by atoms with Crippen molar-refractivity contribution in [2.24, 2.45) is 7.05 Å². The molecular formula is C38H44N8O4. The van der Waals surface area contributed by atoms with Crippen molar-refractivity contribution in [2.45, 2.75) is 65.5 Å². The number of carbonyl (C=O) groups excluding carboxylic acids is 3. The van der Waals surface area contributed by atoms with Crippen LogP contribution in [0.3, 0.4) is 0 Å². The number of aryl methyl sites for hydroxylation is 2. The Kier molecular flexibility index (Phi) is 10.4. The van der Waals surface area contributed by atoms with E-state index in [1.165, 1.54) is 0 Å². The molecule has 0 saturated carbocycles. The Bertz CT molecular complexity index is 2020. The maximum absolute atomic E-state index is 14.6. The van der Waals surface area contributed by atoms with Crippen LogP contribution < -0.4 is 5.32 Å². The second-order valence-corrected chi connectivity index (χ2v) is 12.9. The van der Waals surface area contributed by atoms with Gasteiger partial charge in [0.1, 0.15) is 0 Å². The number of benzene rings is 2. The van der Waals surface area contributed by atoms with Crippen molar-refractivity contribution in [1.82, 2.24) is 34.3 Å². The smallest absolute Gasteiger partial charge is 0.276 e. The largest absolute Gasteiger partial charge is 0.394 e. The standard InChI is InChI=1S/C38H44N8O4/c1-5-7-18-44(19-8-6-2)38(50)32-20-25(3)46(41-32)33-16-15-28(40-36(48)34-30-14-11-17-39-35(30)43(4)42-34)22-31(33)37(49)45-23-27-13-10-9-12-26(27)21-29(45)24-47/h9-17,20,22,29,47H,5-8,18-19,21,23-24H2,1-4H3,(H,40,48)/t29-/m0/s1. The summed E-state index contributed by atoms with van der Waals surface area (Å²) >= 11 is 0. The monoisotopic (exact) mass is 676 g/mol. The van der Waals surface area contributed by atoms with Gasteiger partial charge in [-0.3, -0.25) is 14.4 Å². The van der Waals surface area contributed by atoms with Crippen LogP contribution in [0.4, 0.5) is 5.69 Å². The quantitative estimate of drug-likeness (QED) is 0.183. The minimum atomic E-state index is -0.447. The first kappa shape index (κ1) is 34.5. The number of aliphatic hydroxyl groups is 1. The molecule has 2 aromatic carbocycles. The zero-order chi connectivity index (χ0) is 35.4. The number of aromatic nitrogens is 5. The Hall–Kier alpha value is -5.36. The molecule has 260 valence electrons. The van der Waals surface area contributed by atoms with Crippen molar-refractivity contribution in [1.29, 1.82) is 0 Å². The Morgan fingerprint density at radius 1 is 0.960 bits per heavy atom. The van der Waals surface area contributed by atoms with E-state index in [-0.39, 0.29) is 29.7 Å².